The summed E-state index contributed by atoms with van der Waals surface area (Å²) in [5.74, 6) is 0.568. The van der Waals surface area contributed by atoms with Gasteiger partial charge in [0.05, 0.1) is 18.2 Å². The molecule has 0 fully saturated rings. The van der Waals surface area contributed by atoms with Gasteiger partial charge in [0.2, 0.25) is 0 Å². The van der Waals surface area contributed by atoms with Gasteiger partial charge >= 0.3 is 5.97 Å². The number of aliphatic carboxylic acids is 1. The lowest BCUT2D eigenvalue weighted by Crippen LogP contribution is -2.17. The Labute approximate surface area is 214 Å². The third-order valence-electron chi connectivity index (χ3n) is 5.71. The summed E-state index contributed by atoms with van der Waals surface area (Å²) < 4.78 is 5.69. The molecule has 0 unspecified atom stereocenters. The molecule has 0 bridgehead atoms. The van der Waals surface area contributed by atoms with Gasteiger partial charge in [-0.15, -0.1) is 11.8 Å². The Morgan fingerprint density at radius 3 is 2.31 bits per heavy atom. The lowest BCUT2D eigenvalue weighted by Gasteiger charge is -2.20. The van der Waals surface area contributed by atoms with Crippen LogP contribution in [0.15, 0.2) is 101 Å². The van der Waals surface area contributed by atoms with E-state index in [1.54, 1.807) is 17.8 Å². The fourth-order valence-electron chi connectivity index (χ4n) is 4.05. The zero-order valence-electron chi connectivity index (χ0n) is 19.8. The molecule has 1 heterocycles. The van der Waals surface area contributed by atoms with E-state index in [-0.39, 0.29) is 17.9 Å². The molecule has 0 saturated heterocycles. The van der Waals surface area contributed by atoms with Gasteiger partial charge in [-0.1, -0.05) is 66.7 Å². The summed E-state index contributed by atoms with van der Waals surface area (Å²) in [6, 6.07) is 29.8. The predicted molar refractivity (Wildman–Crippen MR) is 142 cm³/mol. The number of aromatic nitrogens is 2. The molecule has 3 aromatic carbocycles. The van der Waals surface area contributed by atoms with Crippen LogP contribution in [0.4, 0.5) is 0 Å². The van der Waals surface area contributed by atoms with Gasteiger partial charge in [0.15, 0.2) is 0 Å². The summed E-state index contributed by atoms with van der Waals surface area (Å²) in [6.07, 6.45) is 1.24. The van der Waals surface area contributed by atoms with Crippen molar-refractivity contribution in [3.63, 3.8) is 0 Å². The Hall–Kier alpha value is -3.84. The molecule has 4 rings (SSSR count). The van der Waals surface area contributed by atoms with Crippen LogP contribution in [-0.2, 0) is 11.2 Å². The van der Waals surface area contributed by atoms with Crippen LogP contribution in [0.3, 0.4) is 0 Å². The van der Waals surface area contributed by atoms with Crippen molar-refractivity contribution in [1.82, 2.24) is 10.2 Å². The number of aromatic amines is 1. The van der Waals surface area contributed by atoms with Gasteiger partial charge in [0, 0.05) is 23.1 Å². The number of hydrogen-bond acceptors (Lipinski definition) is 5. The molecular weight excluding hydrogens is 472 g/mol. The molecule has 0 aliphatic carbocycles. The van der Waals surface area contributed by atoms with Crippen LogP contribution < -0.4 is 10.3 Å². The largest absolute Gasteiger partial charge is 0.494 e. The molecule has 0 spiro atoms. The highest BCUT2D eigenvalue weighted by Gasteiger charge is 2.21. The molecule has 1 aromatic heterocycles. The van der Waals surface area contributed by atoms with Crippen LogP contribution in [-0.4, -0.2) is 33.6 Å². The smallest absolute Gasteiger partial charge is 0.303 e. The minimum Gasteiger partial charge on any atom is -0.494 e. The van der Waals surface area contributed by atoms with E-state index in [1.807, 2.05) is 60.7 Å². The lowest BCUT2D eigenvalue weighted by molar-refractivity contribution is -0.137. The Morgan fingerprint density at radius 2 is 1.64 bits per heavy atom. The van der Waals surface area contributed by atoms with Crippen molar-refractivity contribution in [1.29, 1.82) is 0 Å². The maximum absolute atomic E-state index is 12.2. The number of H-pyrrole nitrogens is 1. The summed E-state index contributed by atoms with van der Waals surface area (Å²) in [5, 5.41) is 15.9. The van der Waals surface area contributed by atoms with E-state index in [9.17, 15) is 9.59 Å². The quantitative estimate of drug-likeness (QED) is 0.196. The van der Waals surface area contributed by atoms with Crippen LogP contribution in [0.2, 0.25) is 0 Å². The average Bonchev–Trinajstić information content (AvgIpc) is 2.89. The molecule has 36 heavy (non-hydrogen) atoms. The highest BCUT2D eigenvalue weighted by molar-refractivity contribution is 7.99. The van der Waals surface area contributed by atoms with E-state index in [1.165, 1.54) is 0 Å². The molecule has 0 amide bonds. The van der Waals surface area contributed by atoms with Crippen molar-refractivity contribution >= 4 is 17.7 Å². The SMILES string of the molecule is O=C(O)CCCOc1cccc(SCCc2cc(=O)[nH]nc2C(c2ccccc2)c2ccccc2)c1. The highest BCUT2D eigenvalue weighted by Crippen LogP contribution is 2.33. The van der Waals surface area contributed by atoms with Crippen molar-refractivity contribution < 1.29 is 14.6 Å². The fourth-order valence-corrected chi connectivity index (χ4v) is 4.98. The van der Waals surface area contributed by atoms with Crippen LogP contribution in [0.1, 0.15) is 41.1 Å². The standard InChI is InChI=1S/C29H28N2O4S/c32-26-19-23(16-18-36-25-14-7-13-24(20-25)35-17-8-15-27(33)34)29(31-30-26)28(21-9-3-1-4-10-21)22-11-5-2-6-12-22/h1-7,9-14,19-20,28H,8,15-18H2,(H,30,32)(H,33,34). The van der Waals surface area contributed by atoms with Gasteiger partial charge in [-0.25, -0.2) is 5.10 Å². The van der Waals surface area contributed by atoms with E-state index in [2.05, 4.69) is 34.5 Å². The monoisotopic (exact) mass is 500 g/mol. The first-order valence-electron chi connectivity index (χ1n) is 11.9. The summed E-state index contributed by atoms with van der Waals surface area (Å²) in [6.45, 7) is 0.364. The number of rotatable bonds is 12. The summed E-state index contributed by atoms with van der Waals surface area (Å²) in [4.78, 5) is 23.9. The van der Waals surface area contributed by atoms with Gasteiger partial charge in [0.25, 0.3) is 5.56 Å². The number of thioether (sulfide) groups is 1. The van der Waals surface area contributed by atoms with Crippen LogP contribution >= 0.6 is 11.8 Å². The lowest BCUT2D eigenvalue weighted by atomic mass is 9.86. The second kappa shape index (κ2) is 12.7. The van der Waals surface area contributed by atoms with Crippen molar-refractivity contribution in [3.05, 3.63) is 124 Å². The molecule has 0 aliphatic rings. The van der Waals surface area contributed by atoms with Gasteiger partial charge in [0.1, 0.15) is 5.75 Å². The van der Waals surface area contributed by atoms with Crippen LogP contribution in [0.25, 0.3) is 0 Å². The number of carboxylic acids is 1. The normalized spacial score (nSPS) is 10.9. The number of benzene rings is 3. The van der Waals surface area contributed by atoms with Crippen molar-refractivity contribution in [3.8, 4) is 5.75 Å². The number of nitrogens with zero attached hydrogens (tertiary/aromatic N) is 1. The average molecular weight is 501 g/mol. The maximum Gasteiger partial charge on any atom is 0.303 e. The minimum atomic E-state index is -0.821. The summed E-state index contributed by atoms with van der Waals surface area (Å²) >= 11 is 1.68. The first-order chi connectivity index (χ1) is 17.6. The van der Waals surface area contributed by atoms with Crippen LogP contribution in [0, 0.1) is 0 Å². The number of ether oxygens (including phenoxy) is 1. The zero-order valence-corrected chi connectivity index (χ0v) is 20.6. The van der Waals surface area contributed by atoms with Crippen molar-refractivity contribution in [2.24, 2.45) is 0 Å². The topological polar surface area (TPSA) is 92.3 Å². The molecule has 2 N–H and O–H groups in total. The van der Waals surface area contributed by atoms with Gasteiger partial charge < -0.3 is 9.84 Å². The number of carbonyl (C=O) groups is 1. The number of hydrogen-bond donors (Lipinski definition) is 2. The van der Waals surface area contributed by atoms with Gasteiger partial charge in [-0.05, 0) is 47.7 Å². The van der Waals surface area contributed by atoms with Crippen molar-refractivity contribution in [2.45, 2.75) is 30.1 Å². The number of aryl methyl sites for hydroxylation is 1. The van der Waals surface area contributed by atoms with E-state index >= 15 is 0 Å². The molecule has 0 saturated carbocycles. The third kappa shape index (κ3) is 7.09. The molecule has 0 aliphatic heterocycles. The molecule has 6 nitrogen and oxygen atoms in total. The Kier molecular flexibility index (Phi) is 8.94. The zero-order chi connectivity index (χ0) is 25.2. The van der Waals surface area contributed by atoms with E-state index < -0.39 is 5.97 Å². The Balaban J connectivity index is 1.49. The maximum atomic E-state index is 12.2. The predicted octanol–water partition coefficient (Wildman–Crippen LogP) is 5.53. The van der Waals surface area contributed by atoms with Gasteiger partial charge in [-0.3, -0.25) is 9.59 Å². The summed E-state index contributed by atoms with van der Waals surface area (Å²) in [7, 11) is 0. The van der Waals surface area contributed by atoms with Gasteiger partial charge in [-0.2, -0.15) is 5.10 Å². The van der Waals surface area contributed by atoms with Crippen molar-refractivity contribution in [2.75, 3.05) is 12.4 Å². The minimum absolute atomic E-state index is 0.0909. The second-order valence-corrected chi connectivity index (χ2v) is 9.48. The fraction of sp³-hybridized carbons (Fsp3) is 0.207. The first kappa shape index (κ1) is 25.3. The Morgan fingerprint density at radius 1 is 0.944 bits per heavy atom. The number of carboxylic acid groups (broad SMARTS) is 1. The number of nitrogens with one attached hydrogen (secondary N) is 1. The molecule has 7 heteroatoms. The first-order valence-corrected chi connectivity index (χ1v) is 12.8. The third-order valence-corrected chi connectivity index (χ3v) is 6.70. The van der Waals surface area contributed by atoms with E-state index in [0.717, 1.165) is 38.8 Å². The molecular formula is C29H28N2O4S. The Bertz CT molecular complexity index is 1290. The molecule has 184 valence electrons. The molecule has 0 radical (unpaired) electrons. The second-order valence-electron chi connectivity index (χ2n) is 8.32. The molecule has 4 aromatic rings. The van der Waals surface area contributed by atoms with E-state index in [4.69, 9.17) is 9.84 Å². The van der Waals surface area contributed by atoms with E-state index in [0.29, 0.717) is 19.4 Å². The molecule has 0 atom stereocenters. The highest BCUT2D eigenvalue weighted by atomic mass is 32.2. The summed E-state index contributed by atoms with van der Waals surface area (Å²) in [5.41, 5.74) is 3.79. The van der Waals surface area contributed by atoms with Crippen LogP contribution in [0.5, 0.6) is 5.75 Å².